The van der Waals surface area contributed by atoms with Crippen LogP contribution in [0, 0.1) is 5.82 Å². The monoisotopic (exact) mass is 415 g/mol. The first-order valence-corrected chi connectivity index (χ1v) is 7.66. The molecular weight excluding hydrogens is 405 g/mol. The number of benzene rings is 2. The molecule has 0 amide bonds. The van der Waals surface area contributed by atoms with Gasteiger partial charge in [-0.25, -0.2) is 9.18 Å². The molecule has 0 aliphatic heterocycles. The summed E-state index contributed by atoms with van der Waals surface area (Å²) < 4.78 is 19.8. The zero-order chi connectivity index (χ0) is 15.4. The Labute approximate surface area is 138 Å². The average molecular weight is 417 g/mol. The van der Waals surface area contributed by atoms with Crippen molar-refractivity contribution in [1.82, 2.24) is 0 Å². The van der Waals surface area contributed by atoms with Crippen LogP contribution in [0.2, 0.25) is 0 Å². The van der Waals surface area contributed by atoms with Crippen LogP contribution in [0.3, 0.4) is 0 Å². The number of ether oxygens (including phenoxy) is 1. The molecule has 0 saturated carbocycles. The van der Waals surface area contributed by atoms with Crippen molar-refractivity contribution in [2.75, 3.05) is 12.4 Å². The van der Waals surface area contributed by atoms with Crippen molar-refractivity contribution in [3.8, 4) is 0 Å². The zero-order valence-electron chi connectivity index (χ0n) is 11.1. The highest BCUT2D eigenvalue weighted by Gasteiger charge is 2.16. The summed E-state index contributed by atoms with van der Waals surface area (Å²) in [5.74, 6) is -0.758. The van der Waals surface area contributed by atoms with Crippen LogP contribution in [0.4, 0.5) is 10.1 Å². The van der Waals surface area contributed by atoms with Gasteiger partial charge in [-0.05, 0) is 34.1 Å². The molecule has 0 aliphatic carbocycles. The third kappa shape index (κ3) is 3.83. The van der Waals surface area contributed by atoms with E-state index in [1.807, 2.05) is 0 Å². The first kappa shape index (κ1) is 16.0. The van der Waals surface area contributed by atoms with E-state index in [0.717, 1.165) is 4.47 Å². The van der Waals surface area contributed by atoms with E-state index >= 15 is 0 Å². The summed E-state index contributed by atoms with van der Waals surface area (Å²) in [6, 6.07) is 9.93. The van der Waals surface area contributed by atoms with E-state index in [9.17, 15) is 9.18 Å². The molecule has 0 aliphatic rings. The van der Waals surface area contributed by atoms with Crippen molar-refractivity contribution in [3.05, 3.63) is 62.3 Å². The number of hydrogen-bond donors (Lipinski definition) is 1. The Morgan fingerprint density at radius 1 is 1.29 bits per heavy atom. The Bertz CT molecular complexity index is 677. The Hall–Kier alpha value is -1.40. The van der Waals surface area contributed by atoms with E-state index in [1.165, 1.54) is 13.2 Å². The quantitative estimate of drug-likeness (QED) is 0.731. The molecule has 21 heavy (non-hydrogen) atoms. The van der Waals surface area contributed by atoms with Crippen LogP contribution in [-0.2, 0) is 11.3 Å². The van der Waals surface area contributed by atoms with Gasteiger partial charge in [-0.15, -0.1) is 0 Å². The van der Waals surface area contributed by atoms with E-state index in [4.69, 9.17) is 4.74 Å². The number of hydrogen-bond acceptors (Lipinski definition) is 3. The number of nitrogens with one attached hydrogen (secondary N) is 1. The smallest absolute Gasteiger partial charge is 0.340 e. The van der Waals surface area contributed by atoms with Gasteiger partial charge in [0.05, 0.1) is 18.4 Å². The average Bonchev–Trinajstić information content (AvgIpc) is 2.46. The second-order valence-corrected chi connectivity index (χ2v) is 6.02. The Balaban J connectivity index is 2.31. The molecule has 2 aromatic rings. The van der Waals surface area contributed by atoms with Gasteiger partial charge in [-0.3, -0.25) is 0 Å². The highest BCUT2D eigenvalue weighted by Crippen LogP contribution is 2.31. The Morgan fingerprint density at radius 2 is 2.00 bits per heavy atom. The van der Waals surface area contributed by atoms with Gasteiger partial charge in [0.2, 0.25) is 0 Å². The number of carbonyl (C=O) groups is 1. The summed E-state index contributed by atoms with van der Waals surface area (Å²) in [6.07, 6.45) is 0. The lowest BCUT2D eigenvalue weighted by Crippen LogP contribution is -2.10. The minimum Gasteiger partial charge on any atom is -0.465 e. The van der Waals surface area contributed by atoms with E-state index in [2.05, 4.69) is 37.2 Å². The van der Waals surface area contributed by atoms with Crippen molar-refractivity contribution in [1.29, 1.82) is 0 Å². The first-order valence-electron chi connectivity index (χ1n) is 6.07. The molecule has 6 heteroatoms. The van der Waals surface area contributed by atoms with Crippen molar-refractivity contribution < 1.29 is 13.9 Å². The number of carbonyl (C=O) groups excluding carboxylic acids is 1. The molecule has 2 aromatic carbocycles. The molecule has 2 rings (SSSR count). The molecule has 0 unspecified atom stereocenters. The van der Waals surface area contributed by atoms with Gasteiger partial charge in [-0.1, -0.05) is 34.1 Å². The standard InChI is InChI=1S/C15H12Br2FNO2/c1-21-15(20)11-6-10(16)7-12(17)14(11)19-8-9-4-2-3-5-13(9)18/h2-7,19H,8H2,1H3. The van der Waals surface area contributed by atoms with Gasteiger partial charge >= 0.3 is 5.97 Å². The topological polar surface area (TPSA) is 38.3 Å². The third-order valence-corrected chi connectivity index (χ3v) is 3.96. The van der Waals surface area contributed by atoms with Crippen molar-refractivity contribution >= 4 is 43.5 Å². The second kappa shape index (κ2) is 7.04. The zero-order valence-corrected chi connectivity index (χ0v) is 14.3. The number of methoxy groups -OCH3 is 1. The molecule has 0 aromatic heterocycles. The van der Waals surface area contributed by atoms with E-state index in [1.54, 1.807) is 30.3 Å². The van der Waals surface area contributed by atoms with E-state index in [0.29, 0.717) is 21.3 Å². The summed E-state index contributed by atoms with van der Waals surface area (Å²) in [7, 11) is 1.32. The fourth-order valence-electron chi connectivity index (χ4n) is 1.85. The number of anilines is 1. The second-order valence-electron chi connectivity index (χ2n) is 4.25. The maximum atomic E-state index is 13.6. The highest BCUT2D eigenvalue weighted by atomic mass is 79.9. The van der Waals surface area contributed by atoms with E-state index in [-0.39, 0.29) is 12.4 Å². The largest absolute Gasteiger partial charge is 0.465 e. The molecule has 3 nitrogen and oxygen atoms in total. The first-order chi connectivity index (χ1) is 10.0. The van der Waals surface area contributed by atoms with Crippen molar-refractivity contribution in [2.24, 2.45) is 0 Å². The van der Waals surface area contributed by atoms with Gasteiger partial charge in [-0.2, -0.15) is 0 Å². The highest BCUT2D eigenvalue weighted by molar-refractivity contribution is 9.11. The summed E-state index contributed by atoms with van der Waals surface area (Å²) in [5.41, 5.74) is 1.45. The molecule has 0 fully saturated rings. The molecule has 0 heterocycles. The summed E-state index contributed by atoms with van der Waals surface area (Å²) in [5, 5.41) is 3.07. The van der Waals surface area contributed by atoms with Crippen LogP contribution in [0.25, 0.3) is 0 Å². The van der Waals surface area contributed by atoms with Crippen molar-refractivity contribution in [3.63, 3.8) is 0 Å². The predicted octanol–water partition coefficient (Wildman–Crippen LogP) is 4.75. The minimum absolute atomic E-state index is 0.261. The summed E-state index contributed by atoms with van der Waals surface area (Å²) in [4.78, 5) is 11.8. The van der Waals surface area contributed by atoms with E-state index < -0.39 is 5.97 Å². The van der Waals surface area contributed by atoms with Crippen LogP contribution >= 0.6 is 31.9 Å². The fraction of sp³-hybridized carbons (Fsp3) is 0.133. The molecule has 0 bridgehead atoms. The normalized spacial score (nSPS) is 10.3. The predicted molar refractivity (Wildman–Crippen MR) is 86.9 cm³/mol. The maximum absolute atomic E-state index is 13.6. The van der Waals surface area contributed by atoms with Gasteiger partial charge in [0.15, 0.2) is 0 Å². The molecule has 0 saturated heterocycles. The van der Waals surface area contributed by atoms with Crippen LogP contribution in [0.5, 0.6) is 0 Å². The molecule has 110 valence electrons. The Morgan fingerprint density at radius 3 is 2.67 bits per heavy atom. The molecule has 0 spiro atoms. The van der Waals surface area contributed by atoms with Gasteiger partial charge in [0, 0.05) is 21.1 Å². The lowest BCUT2D eigenvalue weighted by molar-refractivity contribution is 0.0601. The van der Waals surface area contributed by atoms with Crippen LogP contribution in [-0.4, -0.2) is 13.1 Å². The Kier molecular flexibility index (Phi) is 5.36. The lowest BCUT2D eigenvalue weighted by atomic mass is 10.1. The number of esters is 1. The molecule has 0 radical (unpaired) electrons. The number of rotatable bonds is 4. The van der Waals surface area contributed by atoms with Gasteiger partial charge < -0.3 is 10.1 Å². The number of halogens is 3. The van der Waals surface area contributed by atoms with Crippen LogP contribution < -0.4 is 5.32 Å². The SMILES string of the molecule is COC(=O)c1cc(Br)cc(Br)c1NCc1ccccc1F. The molecule has 1 N–H and O–H groups in total. The summed E-state index contributed by atoms with van der Waals surface area (Å²) >= 11 is 6.72. The minimum atomic E-state index is -0.465. The summed E-state index contributed by atoms with van der Waals surface area (Å²) in [6.45, 7) is 0.261. The van der Waals surface area contributed by atoms with Gasteiger partial charge in [0.25, 0.3) is 0 Å². The lowest BCUT2D eigenvalue weighted by Gasteiger charge is -2.14. The maximum Gasteiger partial charge on any atom is 0.340 e. The van der Waals surface area contributed by atoms with Crippen molar-refractivity contribution in [2.45, 2.75) is 6.54 Å². The van der Waals surface area contributed by atoms with Crippen LogP contribution in [0.1, 0.15) is 15.9 Å². The van der Waals surface area contributed by atoms with Crippen LogP contribution in [0.15, 0.2) is 45.3 Å². The third-order valence-electron chi connectivity index (χ3n) is 2.87. The van der Waals surface area contributed by atoms with Gasteiger partial charge in [0.1, 0.15) is 5.82 Å². The molecule has 0 atom stereocenters. The fourth-order valence-corrected chi connectivity index (χ4v) is 3.22. The molecular formula is C15H12Br2FNO2.